The molecule has 0 radical (unpaired) electrons. The summed E-state index contributed by atoms with van der Waals surface area (Å²) >= 11 is 4.73. The molecule has 0 aromatic carbocycles. The average Bonchev–Trinajstić information content (AvgIpc) is 3.27. The number of thiol groups is 1. The predicted molar refractivity (Wildman–Crippen MR) is 105 cm³/mol. The third-order valence-corrected chi connectivity index (χ3v) is 5.09. The van der Waals surface area contributed by atoms with E-state index < -0.39 is 5.25 Å². The maximum Gasteiger partial charge on any atom is 0.247 e. The second kappa shape index (κ2) is 6.83. The maximum absolute atomic E-state index is 5.89. The molecule has 1 aliphatic carbocycles. The van der Waals surface area contributed by atoms with E-state index in [-0.39, 0.29) is 0 Å². The maximum atomic E-state index is 5.89. The predicted octanol–water partition coefficient (Wildman–Crippen LogP) is 3.45. The number of rotatable bonds is 5. The van der Waals surface area contributed by atoms with Crippen molar-refractivity contribution >= 4 is 12.6 Å². The van der Waals surface area contributed by atoms with Crippen molar-refractivity contribution < 1.29 is 4.42 Å². The zero-order valence-corrected chi connectivity index (χ0v) is 16.0. The Kier molecular flexibility index (Phi) is 4.16. The molecule has 28 heavy (non-hydrogen) atoms. The highest BCUT2D eigenvalue weighted by Gasteiger charge is 2.33. The minimum absolute atomic E-state index is 0.369. The lowest BCUT2D eigenvalue weighted by Crippen LogP contribution is -2.07. The largest absolute Gasteiger partial charge is 0.419 e. The van der Waals surface area contributed by atoms with Crippen molar-refractivity contribution in [1.82, 2.24) is 34.9 Å². The lowest BCUT2D eigenvalue weighted by atomic mass is 10.2. The molecule has 0 bridgehead atoms. The van der Waals surface area contributed by atoms with E-state index in [0.717, 1.165) is 35.5 Å². The molecule has 0 N–H and O–H groups in total. The molecule has 1 unspecified atom stereocenters. The van der Waals surface area contributed by atoms with Crippen LogP contribution in [-0.4, -0.2) is 34.9 Å². The van der Waals surface area contributed by atoms with Gasteiger partial charge in [-0.1, -0.05) is 0 Å². The van der Waals surface area contributed by atoms with E-state index in [1.165, 1.54) is 0 Å². The molecule has 4 aromatic rings. The van der Waals surface area contributed by atoms with Crippen molar-refractivity contribution in [2.45, 2.75) is 31.1 Å². The molecule has 4 aromatic heterocycles. The summed E-state index contributed by atoms with van der Waals surface area (Å²) in [5.41, 5.74) is 2.68. The molecule has 8 nitrogen and oxygen atoms in total. The van der Waals surface area contributed by atoms with Crippen LogP contribution in [0.1, 0.15) is 41.5 Å². The molecule has 1 atom stereocenters. The summed E-state index contributed by atoms with van der Waals surface area (Å²) in [4.78, 5) is 8.27. The first kappa shape index (κ1) is 17.1. The number of nitrogens with zero attached hydrogens (tertiary/aromatic N) is 7. The summed E-state index contributed by atoms with van der Waals surface area (Å²) in [5, 5.41) is 16.7. The summed E-state index contributed by atoms with van der Waals surface area (Å²) in [6, 6.07) is 7.96. The number of hydrogen-bond acceptors (Lipinski definition) is 8. The fraction of sp³-hybridized carbons (Fsp3) is 0.263. The van der Waals surface area contributed by atoms with Gasteiger partial charge in [-0.3, -0.25) is 9.97 Å². The van der Waals surface area contributed by atoms with Gasteiger partial charge in [0.15, 0.2) is 11.6 Å². The highest BCUT2D eigenvalue weighted by molar-refractivity contribution is 7.80. The zero-order chi connectivity index (χ0) is 19.1. The van der Waals surface area contributed by atoms with Gasteiger partial charge in [0.25, 0.3) is 0 Å². The fourth-order valence-electron chi connectivity index (χ4n) is 3.13. The Bertz CT molecular complexity index is 1120. The van der Waals surface area contributed by atoms with Gasteiger partial charge in [-0.05, 0) is 44.0 Å². The van der Waals surface area contributed by atoms with Gasteiger partial charge in [-0.15, -0.1) is 20.4 Å². The molecule has 5 rings (SSSR count). The molecular weight excluding hydrogens is 374 g/mol. The Morgan fingerprint density at radius 3 is 2.57 bits per heavy atom. The summed E-state index contributed by atoms with van der Waals surface area (Å²) in [6.45, 7) is 1.92. The van der Waals surface area contributed by atoms with Gasteiger partial charge in [0, 0.05) is 41.5 Å². The first-order chi connectivity index (χ1) is 13.7. The number of pyridine rings is 2. The van der Waals surface area contributed by atoms with Crippen molar-refractivity contribution in [2.24, 2.45) is 0 Å². The zero-order valence-electron chi connectivity index (χ0n) is 15.1. The van der Waals surface area contributed by atoms with Gasteiger partial charge < -0.3 is 8.98 Å². The van der Waals surface area contributed by atoms with E-state index in [4.69, 9.17) is 17.0 Å². The molecule has 1 saturated carbocycles. The van der Waals surface area contributed by atoms with E-state index in [9.17, 15) is 0 Å². The van der Waals surface area contributed by atoms with Crippen molar-refractivity contribution in [2.75, 3.05) is 0 Å². The smallest absolute Gasteiger partial charge is 0.247 e. The monoisotopic (exact) mass is 391 g/mol. The highest BCUT2D eigenvalue weighted by atomic mass is 32.1. The quantitative estimate of drug-likeness (QED) is 0.521. The third kappa shape index (κ3) is 3.07. The summed E-state index contributed by atoms with van der Waals surface area (Å²) in [7, 11) is 0. The van der Waals surface area contributed by atoms with Gasteiger partial charge >= 0.3 is 0 Å². The Morgan fingerprint density at radius 1 is 1.04 bits per heavy atom. The molecule has 9 heteroatoms. The van der Waals surface area contributed by atoms with E-state index in [2.05, 4.69) is 34.9 Å². The standard InChI is InChI=1S/C19H17N7OS/c1-11-10-13(6-9-21-11)18-24-25-19(27-18)15(28)17-23-22-16(26(17)14-2-3-14)12-4-7-20-8-5-12/h4-10,14-15,28H,2-3H2,1H3. The molecule has 1 fully saturated rings. The topological polar surface area (TPSA) is 95.4 Å². The molecule has 0 amide bonds. The molecular formula is C19H17N7OS. The Hall–Kier alpha value is -3.07. The van der Waals surface area contributed by atoms with Crippen LogP contribution in [0.4, 0.5) is 0 Å². The van der Waals surface area contributed by atoms with Gasteiger partial charge in [-0.25, -0.2) is 0 Å². The van der Waals surface area contributed by atoms with Crippen LogP contribution >= 0.6 is 12.6 Å². The Labute approximate surface area is 166 Å². The number of aryl methyl sites for hydroxylation is 1. The molecule has 0 aliphatic heterocycles. The minimum Gasteiger partial charge on any atom is -0.419 e. The number of hydrogen-bond donors (Lipinski definition) is 1. The first-order valence-electron chi connectivity index (χ1n) is 9.00. The Morgan fingerprint density at radius 2 is 1.82 bits per heavy atom. The van der Waals surface area contributed by atoms with Crippen LogP contribution in [-0.2, 0) is 0 Å². The van der Waals surface area contributed by atoms with E-state index >= 15 is 0 Å². The van der Waals surface area contributed by atoms with Crippen LogP contribution in [0.3, 0.4) is 0 Å². The molecule has 4 heterocycles. The van der Waals surface area contributed by atoms with Gasteiger partial charge in [0.2, 0.25) is 11.8 Å². The minimum atomic E-state index is -0.465. The van der Waals surface area contributed by atoms with Crippen LogP contribution in [0.15, 0.2) is 47.3 Å². The van der Waals surface area contributed by atoms with E-state index in [1.807, 2.05) is 31.2 Å². The highest BCUT2D eigenvalue weighted by Crippen LogP contribution is 2.42. The second-order valence-electron chi connectivity index (χ2n) is 6.75. The van der Waals surface area contributed by atoms with E-state index in [1.54, 1.807) is 18.6 Å². The number of aromatic nitrogens is 7. The second-order valence-corrected chi connectivity index (χ2v) is 7.27. The van der Waals surface area contributed by atoms with Crippen molar-refractivity contribution in [1.29, 1.82) is 0 Å². The van der Waals surface area contributed by atoms with E-state index in [0.29, 0.717) is 23.6 Å². The Balaban J connectivity index is 1.51. The third-order valence-electron chi connectivity index (χ3n) is 4.64. The van der Waals surface area contributed by atoms with Crippen LogP contribution in [0.25, 0.3) is 22.8 Å². The molecule has 0 saturated heterocycles. The summed E-state index contributed by atoms with van der Waals surface area (Å²) in [6.07, 6.45) is 7.40. The normalized spacial score (nSPS) is 14.9. The van der Waals surface area contributed by atoms with Gasteiger partial charge in [0.05, 0.1) is 0 Å². The van der Waals surface area contributed by atoms with Crippen LogP contribution in [0.5, 0.6) is 0 Å². The summed E-state index contributed by atoms with van der Waals surface area (Å²) < 4.78 is 8.03. The van der Waals surface area contributed by atoms with Crippen molar-refractivity contribution in [3.05, 3.63) is 60.3 Å². The molecule has 0 spiro atoms. The van der Waals surface area contributed by atoms with Crippen molar-refractivity contribution in [3.8, 4) is 22.8 Å². The average molecular weight is 391 g/mol. The van der Waals surface area contributed by atoms with Crippen LogP contribution in [0, 0.1) is 6.92 Å². The van der Waals surface area contributed by atoms with Crippen molar-refractivity contribution in [3.63, 3.8) is 0 Å². The van der Waals surface area contributed by atoms with Crippen LogP contribution < -0.4 is 0 Å². The van der Waals surface area contributed by atoms with Gasteiger partial charge in [-0.2, -0.15) is 12.6 Å². The molecule has 1 aliphatic rings. The van der Waals surface area contributed by atoms with Gasteiger partial charge in [0.1, 0.15) is 5.25 Å². The lowest BCUT2D eigenvalue weighted by Gasteiger charge is -2.11. The summed E-state index contributed by atoms with van der Waals surface area (Å²) in [5.74, 6) is 2.34. The first-order valence-corrected chi connectivity index (χ1v) is 9.52. The molecule has 140 valence electrons. The lowest BCUT2D eigenvalue weighted by molar-refractivity contribution is 0.505. The van der Waals surface area contributed by atoms with Crippen LogP contribution in [0.2, 0.25) is 0 Å². The SMILES string of the molecule is Cc1cc(-c2nnc(C(S)c3nnc(-c4ccncc4)n3C3CC3)o2)ccn1. The fourth-order valence-corrected chi connectivity index (χ4v) is 3.41.